The summed E-state index contributed by atoms with van der Waals surface area (Å²) < 4.78 is 5.38. The van der Waals surface area contributed by atoms with Gasteiger partial charge in [-0.05, 0) is 38.0 Å². The predicted octanol–water partition coefficient (Wildman–Crippen LogP) is 2.95. The number of H-pyrrole nitrogens is 1. The van der Waals surface area contributed by atoms with Crippen molar-refractivity contribution in [2.75, 3.05) is 0 Å². The van der Waals surface area contributed by atoms with Gasteiger partial charge >= 0.3 is 0 Å². The minimum Gasteiger partial charge on any atom is -0.341 e. The van der Waals surface area contributed by atoms with Crippen LogP contribution in [-0.2, 0) is 4.79 Å². The van der Waals surface area contributed by atoms with Gasteiger partial charge in [-0.3, -0.25) is 9.89 Å². The largest absolute Gasteiger partial charge is 0.341 e. The maximum Gasteiger partial charge on any atom is 0.249 e. The second-order valence-corrected chi connectivity index (χ2v) is 6.77. The third-order valence-electron chi connectivity index (χ3n) is 4.21. The molecule has 0 bridgehead atoms. The van der Waals surface area contributed by atoms with Crippen molar-refractivity contribution in [3.8, 4) is 11.6 Å². The molecule has 2 aromatic rings. The van der Waals surface area contributed by atoms with Crippen molar-refractivity contribution >= 4 is 5.91 Å². The Morgan fingerprint density at radius 3 is 3.00 bits per heavy atom. The lowest BCUT2D eigenvalue weighted by Gasteiger charge is -2.18. The van der Waals surface area contributed by atoms with Crippen LogP contribution in [0.1, 0.15) is 64.3 Å². The van der Waals surface area contributed by atoms with Crippen molar-refractivity contribution in [3.05, 3.63) is 23.9 Å². The molecule has 25 heavy (non-hydrogen) atoms. The molecule has 2 heterocycles. The topological polar surface area (TPSA) is 110 Å². The van der Waals surface area contributed by atoms with Gasteiger partial charge in [0.1, 0.15) is 12.4 Å². The van der Waals surface area contributed by atoms with Crippen LogP contribution in [0.25, 0.3) is 11.6 Å². The quantitative estimate of drug-likeness (QED) is 0.833. The molecule has 134 valence electrons. The number of hydrogen-bond acceptors (Lipinski definition) is 6. The first-order valence-corrected chi connectivity index (χ1v) is 8.82. The van der Waals surface area contributed by atoms with E-state index >= 15 is 0 Å². The lowest BCUT2D eigenvalue weighted by molar-refractivity contribution is -0.118. The van der Waals surface area contributed by atoms with Crippen LogP contribution in [0.4, 0.5) is 0 Å². The van der Waals surface area contributed by atoms with E-state index in [9.17, 15) is 4.79 Å². The average molecular weight is 344 g/mol. The summed E-state index contributed by atoms with van der Waals surface area (Å²) in [7, 11) is 0. The molecule has 0 radical (unpaired) electrons. The van der Waals surface area contributed by atoms with Gasteiger partial charge in [-0.25, -0.2) is 4.98 Å². The van der Waals surface area contributed by atoms with Gasteiger partial charge in [0.05, 0.1) is 0 Å². The number of carbonyl (C=O) groups excluding carboxylic acids is 1. The van der Waals surface area contributed by atoms with Crippen LogP contribution in [0.15, 0.2) is 22.5 Å². The van der Waals surface area contributed by atoms with Gasteiger partial charge in [0.2, 0.25) is 17.6 Å². The highest BCUT2D eigenvalue weighted by Gasteiger charge is 2.25. The molecule has 0 aliphatic heterocycles. The summed E-state index contributed by atoms with van der Waals surface area (Å²) in [6, 6.07) is -0.319. The number of nitrogens with one attached hydrogen (secondary N) is 2. The Morgan fingerprint density at radius 1 is 1.36 bits per heavy atom. The van der Waals surface area contributed by atoms with Crippen molar-refractivity contribution in [1.29, 1.82) is 0 Å². The summed E-state index contributed by atoms with van der Waals surface area (Å²) in [6.45, 7) is 4.19. The smallest absolute Gasteiger partial charge is 0.249 e. The highest BCUT2D eigenvalue weighted by Crippen LogP contribution is 2.24. The molecule has 1 amide bonds. The van der Waals surface area contributed by atoms with E-state index in [1.807, 2.05) is 0 Å². The third kappa shape index (κ3) is 4.52. The summed E-state index contributed by atoms with van der Waals surface area (Å²) in [4.78, 5) is 21.0. The maximum atomic E-state index is 12.7. The van der Waals surface area contributed by atoms with E-state index in [4.69, 9.17) is 4.52 Å². The van der Waals surface area contributed by atoms with Crippen LogP contribution in [0.2, 0.25) is 0 Å². The van der Waals surface area contributed by atoms with Crippen molar-refractivity contribution < 1.29 is 9.32 Å². The molecule has 3 rings (SSSR count). The Hall–Kier alpha value is -2.51. The number of carbonyl (C=O) groups is 1. The Balaban J connectivity index is 1.75. The minimum absolute atomic E-state index is 0.0352. The van der Waals surface area contributed by atoms with E-state index in [-0.39, 0.29) is 11.9 Å². The zero-order valence-electron chi connectivity index (χ0n) is 14.7. The van der Waals surface area contributed by atoms with E-state index in [0.717, 1.165) is 37.7 Å². The molecular weight excluding hydrogens is 320 g/mol. The number of nitrogens with zero attached hydrogens (tertiary/aromatic N) is 4. The van der Waals surface area contributed by atoms with Gasteiger partial charge in [0.15, 0.2) is 5.82 Å². The van der Waals surface area contributed by atoms with E-state index in [1.54, 1.807) is 0 Å². The molecule has 0 saturated heterocycles. The van der Waals surface area contributed by atoms with E-state index in [0.29, 0.717) is 23.5 Å². The summed E-state index contributed by atoms with van der Waals surface area (Å²) in [6.07, 6.45) is 9.34. The van der Waals surface area contributed by atoms with E-state index in [2.05, 4.69) is 50.6 Å². The Bertz CT molecular complexity index is 719. The molecule has 8 nitrogen and oxygen atoms in total. The minimum atomic E-state index is -0.319. The summed E-state index contributed by atoms with van der Waals surface area (Å²) >= 11 is 0. The number of rotatable bonds is 6. The molecule has 0 fully saturated rings. The molecule has 0 aromatic carbocycles. The van der Waals surface area contributed by atoms with Crippen LogP contribution in [0, 0.1) is 5.92 Å². The SMILES string of the molecule is CC(C)C[C@H](NC(=O)C1=CCCCCC1)c1nc(-c2ncn[nH]2)no1. The zero-order chi connectivity index (χ0) is 17.6. The Labute approximate surface area is 146 Å². The van der Waals surface area contributed by atoms with Crippen LogP contribution in [0.5, 0.6) is 0 Å². The number of amides is 1. The first kappa shape index (κ1) is 17.3. The summed E-state index contributed by atoms with van der Waals surface area (Å²) in [5.74, 6) is 1.50. The van der Waals surface area contributed by atoms with Crippen molar-refractivity contribution in [3.63, 3.8) is 0 Å². The Morgan fingerprint density at radius 2 is 2.24 bits per heavy atom. The van der Waals surface area contributed by atoms with E-state index in [1.165, 1.54) is 12.7 Å². The predicted molar refractivity (Wildman–Crippen MR) is 91.2 cm³/mol. The van der Waals surface area contributed by atoms with Gasteiger partial charge < -0.3 is 9.84 Å². The third-order valence-corrected chi connectivity index (χ3v) is 4.21. The van der Waals surface area contributed by atoms with Gasteiger partial charge in [-0.1, -0.05) is 31.5 Å². The fourth-order valence-corrected chi connectivity index (χ4v) is 2.95. The number of allylic oxidation sites excluding steroid dienone is 1. The fraction of sp³-hybridized carbons (Fsp3) is 0.588. The first-order chi connectivity index (χ1) is 12.1. The van der Waals surface area contributed by atoms with Gasteiger partial charge in [-0.15, -0.1) is 0 Å². The number of aromatic amines is 1. The second kappa shape index (κ2) is 8.04. The van der Waals surface area contributed by atoms with Gasteiger partial charge in [0.25, 0.3) is 0 Å². The fourth-order valence-electron chi connectivity index (χ4n) is 2.95. The van der Waals surface area contributed by atoms with Crippen LogP contribution in [0.3, 0.4) is 0 Å². The van der Waals surface area contributed by atoms with Crippen LogP contribution >= 0.6 is 0 Å². The molecule has 1 aliphatic carbocycles. The number of hydrogen-bond donors (Lipinski definition) is 2. The summed E-state index contributed by atoms with van der Waals surface area (Å²) in [5.41, 5.74) is 0.862. The molecule has 0 saturated carbocycles. The zero-order valence-corrected chi connectivity index (χ0v) is 14.7. The van der Waals surface area contributed by atoms with Crippen molar-refractivity contribution in [1.82, 2.24) is 30.6 Å². The second-order valence-electron chi connectivity index (χ2n) is 6.77. The highest BCUT2D eigenvalue weighted by atomic mass is 16.5. The number of aromatic nitrogens is 5. The van der Waals surface area contributed by atoms with Crippen LogP contribution in [-0.4, -0.2) is 31.2 Å². The molecular formula is C17H24N6O2. The lowest BCUT2D eigenvalue weighted by atomic mass is 10.0. The highest BCUT2D eigenvalue weighted by molar-refractivity contribution is 5.93. The molecule has 1 aliphatic rings. The average Bonchev–Trinajstić information content (AvgIpc) is 3.20. The molecule has 2 aromatic heterocycles. The van der Waals surface area contributed by atoms with Gasteiger partial charge in [-0.2, -0.15) is 10.1 Å². The maximum absolute atomic E-state index is 12.7. The Kier molecular flexibility index (Phi) is 5.57. The standard InChI is InChI=1S/C17H24N6O2/c1-11(2)9-13(20-16(24)12-7-5-3-4-6-8-12)17-21-15(23-25-17)14-18-10-19-22-14/h7,10-11,13H,3-6,8-9H2,1-2H3,(H,20,24)(H,18,19,22)/t13-/m0/s1. The molecule has 0 spiro atoms. The van der Waals surface area contributed by atoms with Crippen molar-refractivity contribution in [2.24, 2.45) is 5.92 Å². The lowest BCUT2D eigenvalue weighted by Crippen LogP contribution is -2.31. The first-order valence-electron chi connectivity index (χ1n) is 8.82. The monoisotopic (exact) mass is 344 g/mol. The van der Waals surface area contributed by atoms with Gasteiger partial charge in [0, 0.05) is 5.57 Å². The molecule has 8 heteroatoms. The summed E-state index contributed by atoms with van der Waals surface area (Å²) in [5, 5.41) is 13.5. The van der Waals surface area contributed by atoms with E-state index < -0.39 is 0 Å². The molecule has 1 atom stereocenters. The van der Waals surface area contributed by atoms with Crippen LogP contribution < -0.4 is 5.32 Å². The normalized spacial score (nSPS) is 16.4. The van der Waals surface area contributed by atoms with Crippen molar-refractivity contribution in [2.45, 2.75) is 58.4 Å². The molecule has 0 unspecified atom stereocenters. The molecule has 2 N–H and O–H groups in total.